The molecular formula is C21H27ClN2O2. The van der Waals surface area contributed by atoms with Gasteiger partial charge in [0.05, 0.1) is 0 Å². The molecule has 0 bridgehead atoms. The van der Waals surface area contributed by atoms with Crippen molar-refractivity contribution in [2.24, 2.45) is 5.92 Å². The molecule has 2 saturated heterocycles. The Hall–Kier alpha value is -1.81. The fraction of sp³-hybridized carbons (Fsp3) is 0.524. The molecule has 1 aromatic rings. The van der Waals surface area contributed by atoms with Gasteiger partial charge >= 0.3 is 0 Å². The van der Waals surface area contributed by atoms with Crippen LogP contribution in [0.5, 0.6) is 0 Å². The monoisotopic (exact) mass is 374 g/mol. The quantitative estimate of drug-likeness (QED) is 0.752. The van der Waals surface area contributed by atoms with Crippen molar-refractivity contribution in [1.82, 2.24) is 9.80 Å². The number of amides is 2. The van der Waals surface area contributed by atoms with Crippen molar-refractivity contribution in [2.45, 2.75) is 39.0 Å². The van der Waals surface area contributed by atoms with E-state index in [1.807, 2.05) is 34.9 Å². The highest BCUT2D eigenvalue weighted by Gasteiger charge is 2.30. The molecule has 2 aliphatic rings. The number of halogens is 1. The molecule has 2 amide bonds. The summed E-state index contributed by atoms with van der Waals surface area (Å²) >= 11 is 6.12. The number of carbonyl (C=O) groups is 2. The number of hydrogen-bond acceptors (Lipinski definition) is 2. The van der Waals surface area contributed by atoms with Crippen LogP contribution in [0.3, 0.4) is 0 Å². The van der Waals surface area contributed by atoms with E-state index in [-0.39, 0.29) is 11.8 Å². The van der Waals surface area contributed by atoms with Crippen molar-refractivity contribution in [1.29, 1.82) is 0 Å². The Labute approximate surface area is 160 Å². The molecular weight excluding hydrogens is 348 g/mol. The standard InChI is InChI=1S/C21H27ClN2O2/c1-16-5-6-17(15-19(16)22)7-8-20(25)23-13-9-18(10-14-23)21(26)24-11-3-2-4-12-24/h5-8,15,18H,2-4,9-14H2,1H3/b8-7+. The maximum Gasteiger partial charge on any atom is 0.246 e. The first kappa shape index (κ1) is 19.0. The topological polar surface area (TPSA) is 40.6 Å². The Morgan fingerprint density at radius 1 is 1.04 bits per heavy atom. The van der Waals surface area contributed by atoms with Gasteiger partial charge in [-0.2, -0.15) is 0 Å². The van der Waals surface area contributed by atoms with E-state index in [4.69, 9.17) is 11.6 Å². The molecule has 0 radical (unpaired) electrons. The minimum Gasteiger partial charge on any atom is -0.342 e. The van der Waals surface area contributed by atoms with Crippen molar-refractivity contribution < 1.29 is 9.59 Å². The minimum atomic E-state index is 0.00516. The first-order valence-electron chi connectivity index (χ1n) is 9.56. The molecule has 0 unspecified atom stereocenters. The number of nitrogens with zero attached hydrogens (tertiary/aromatic N) is 2. The van der Waals surface area contributed by atoms with E-state index < -0.39 is 0 Å². The Kier molecular flexibility index (Phi) is 6.36. The smallest absolute Gasteiger partial charge is 0.246 e. The van der Waals surface area contributed by atoms with Gasteiger partial charge in [0, 0.05) is 43.2 Å². The maximum absolute atomic E-state index is 12.6. The molecule has 0 aliphatic carbocycles. The van der Waals surface area contributed by atoms with E-state index in [1.165, 1.54) is 6.42 Å². The summed E-state index contributed by atoms with van der Waals surface area (Å²) in [4.78, 5) is 28.9. The molecule has 0 saturated carbocycles. The zero-order valence-corrected chi connectivity index (χ0v) is 16.2. The Bertz CT molecular complexity index is 687. The van der Waals surface area contributed by atoms with E-state index in [1.54, 1.807) is 12.2 Å². The maximum atomic E-state index is 12.6. The second-order valence-corrected chi connectivity index (χ2v) is 7.73. The number of benzene rings is 1. The van der Waals surface area contributed by atoms with Gasteiger partial charge in [0.2, 0.25) is 11.8 Å². The normalized spacial score (nSPS) is 19.2. The lowest BCUT2D eigenvalue weighted by molar-refractivity contribution is -0.140. The summed E-state index contributed by atoms with van der Waals surface area (Å²) in [5.74, 6) is 0.379. The predicted molar refractivity (Wildman–Crippen MR) is 105 cm³/mol. The van der Waals surface area contributed by atoms with E-state index in [2.05, 4.69) is 0 Å². The van der Waals surface area contributed by atoms with Crippen molar-refractivity contribution in [3.63, 3.8) is 0 Å². The number of carbonyl (C=O) groups excluding carboxylic acids is 2. The van der Waals surface area contributed by atoms with Gasteiger partial charge in [-0.1, -0.05) is 23.7 Å². The summed E-state index contributed by atoms with van der Waals surface area (Å²) in [5, 5.41) is 0.705. The molecule has 0 atom stereocenters. The van der Waals surface area contributed by atoms with E-state index >= 15 is 0 Å². The Morgan fingerprint density at radius 3 is 2.38 bits per heavy atom. The molecule has 140 valence electrons. The second kappa shape index (κ2) is 8.72. The van der Waals surface area contributed by atoms with Gasteiger partial charge in [0.15, 0.2) is 0 Å². The summed E-state index contributed by atoms with van der Waals surface area (Å²) in [6, 6.07) is 5.77. The van der Waals surface area contributed by atoms with Crippen LogP contribution in [0.1, 0.15) is 43.2 Å². The molecule has 2 aliphatic heterocycles. The highest BCUT2D eigenvalue weighted by Crippen LogP contribution is 2.22. The number of hydrogen-bond donors (Lipinski definition) is 0. The number of aryl methyl sites for hydroxylation is 1. The van der Waals surface area contributed by atoms with Crippen LogP contribution >= 0.6 is 11.6 Å². The Morgan fingerprint density at radius 2 is 1.73 bits per heavy atom. The van der Waals surface area contributed by atoms with Crippen LogP contribution in [0.15, 0.2) is 24.3 Å². The molecule has 5 heteroatoms. The van der Waals surface area contributed by atoms with Gasteiger partial charge in [0.1, 0.15) is 0 Å². The molecule has 1 aromatic carbocycles. The summed E-state index contributed by atoms with van der Waals surface area (Å²) in [6.45, 7) is 5.07. The largest absolute Gasteiger partial charge is 0.342 e. The number of piperidine rings is 2. The van der Waals surface area contributed by atoms with Gasteiger partial charge in [-0.3, -0.25) is 9.59 Å². The second-order valence-electron chi connectivity index (χ2n) is 7.33. The van der Waals surface area contributed by atoms with Crippen LogP contribution in [0.4, 0.5) is 0 Å². The molecule has 4 nitrogen and oxygen atoms in total. The van der Waals surface area contributed by atoms with Crippen molar-refractivity contribution in [3.8, 4) is 0 Å². The lowest BCUT2D eigenvalue weighted by Crippen LogP contribution is -2.45. The lowest BCUT2D eigenvalue weighted by Gasteiger charge is -2.35. The van der Waals surface area contributed by atoms with Crippen LogP contribution in [0.2, 0.25) is 5.02 Å². The van der Waals surface area contributed by atoms with Gasteiger partial charge in [0.25, 0.3) is 0 Å². The van der Waals surface area contributed by atoms with Crippen LogP contribution in [-0.2, 0) is 9.59 Å². The zero-order valence-electron chi connectivity index (χ0n) is 15.4. The van der Waals surface area contributed by atoms with Gasteiger partial charge < -0.3 is 9.80 Å². The van der Waals surface area contributed by atoms with Crippen LogP contribution in [0.25, 0.3) is 6.08 Å². The highest BCUT2D eigenvalue weighted by molar-refractivity contribution is 6.31. The molecule has 3 rings (SSSR count). The van der Waals surface area contributed by atoms with Crippen molar-refractivity contribution in [3.05, 3.63) is 40.4 Å². The molecule has 2 fully saturated rings. The SMILES string of the molecule is Cc1ccc(/C=C/C(=O)N2CCC(C(=O)N3CCCCC3)CC2)cc1Cl. The van der Waals surface area contributed by atoms with Gasteiger partial charge in [-0.25, -0.2) is 0 Å². The predicted octanol–water partition coefficient (Wildman–Crippen LogP) is 3.91. The summed E-state index contributed by atoms with van der Waals surface area (Å²) < 4.78 is 0. The zero-order chi connectivity index (χ0) is 18.5. The molecule has 2 heterocycles. The third-order valence-corrected chi connectivity index (χ3v) is 5.85. The van der Waals surface area contributed by atoms with E-state index in [9.17, 15) is 9.59 Å². The van der Waals surface area contributed by atoms with Crippen LogP contribution in [-0.4, -0.2) is 47.8 Å². The Balaban J connectivity index is 1.50. The van der Waals surface area contributed by atoms with Gasteiger partial charge in [-0.15, -0.1) is 0 Å². The third-order valence-electron chi connectivity index (χ3n) is 5.44. The average Bonchev–Trinajstić information content (AvgIpc) is 2.69. The van der Waals surface area contributed by atoms with E-state index in [0.29, 0.717) is 24.0 Å². The van der Waals surface area contributed by atoms with Crippen LogP contribution in [0, 0.1) is 12.8 Å². The summed E-state index contributed by atoms with van der Waals surface area (Å²) in [6.07, 6.45) is 8.42. The lowest BCUT2D eigenvalue weighted by atomic mass is 9.94. The fourth-order valence-electron chi connectivity index (χ4n) is 3.71. The fourth-order valence-corrected chi connectivity index (χ4v) is 3.89. The van der Waals surface area contributed by atoms with Crippen LogP contribution < -0.4 is 0 Å². The first-order chi connectivity index (χ1) is 12.5. The third kappa shape index (κ3) is 4.67. The number of likely N-dealkylation sites (tertiary alicyclic amines) is 2. The van der Waals surface area contributed by atoms with Gasteiger partial charge in [-0.05, 0) is 62.3 Å². The molecule has 0 N–H and O–H groups in total. The highest BCUT2D eigenvalue weighted by atomic mass is 35.5. The minimum absolute atomic E-state index is 0.00516. The number of rotatable bonds is 3. The molecule has 26 heavy (non-hydrogen) atoms. The first-order valence-corrected chi connectivity index (χ1v) is 9.94. The van der Waals surface area contributed by atoms with Crippen molar-refractivity contribution >= 4 is 29.5 Å². The average molecular weight is 375 g/mol. The molecule has 0 aromatic heterocycles. The summed E-state index contributed by atoms with van der Waals surface area (Å²) in [7, 11) is 0. The van der Waals surface area contributed by atoms with E-state index in [0.717, 1.165) is 49.9 Å². The van der Waals surface area contributed by atoms with Crippen molar-refractivity contribution in [2.75, 3.05) is 26.2 Å². The molecule has 0 spiro atoms. The summed E-state index contributed by atoms with van der Waals surface area (Å²) in [5.41, 5.74) is 1.94.